The molecular weight excluding hydrogens is 332 g/mol. The quantitative estimate of drug-likeness (QED) is 0.657. The molecule has 3 amide bonds. The van der Waals surface area contributed by atoms with Crippen molar-refractivity contribution in [1.29, 1.82) is 0 Å². The van der Waals surface area contributed by atoms with Gasteiger partial charge >= 0.3 is 6.03 Å². The monoisotopic (exact) mass is 352 g/mol. The van der Waals surface area contributed by atoms with E-state index in [0.717, 1.165) is 5.65 Å². The Kier molecular flexibility index (Phi) is 5.12. The summed E-state index contributed by atoms with van der Waals surface area (Å²) in [6, 6.07) is 12.2. The lowest BCUT2D eigenvalue weighted by Gasteiger charge is -2.10. The minimum absolute atomic E-state index is 0.0784. The van der Waals surface area contributed by atoms with E-state index in [1.54, 1.807) is 24.3 Å². The Morgan fingerprint density at radius 3 is 2.58 bits per heavy atom. The highest BCUT2D eigenvalue weighted by atomic mass is 16.2. The molecule has 0 saturated carbocycles. The fourth-order valence-corrected chi connectivity index (χ4v) is 2.31. The van der Waals surface area contributed by atoms with Gasteiger partial charge in [0.05, 0.1) is 6.54 Å². The van der Waals surface area contributed by atoms with E-state index < -0.39 is 0 Å². The molecule has 0 bridgehead atoms. The zero-order valence-corrected chi connectivity index (χ0v) is 14.6. The fourth-order valence-electron chi connectivity index (χ4n) is 2.31. The van der Waals surface area contributed by atoms with Crippen molar-refractivity contribution < 1.29 is 9.59 Å². The van der Waals surface area contributed by atoms with Gasteiger partial charge in [-0.2, -0.15) is 0 Å². The first-order valence-electron chi connectivity index (χ1n) is 8.27. The van der Waals surface area contributed by atoms with Crippen LogP contribution in [0.15, 0.2) is 48.7 Å². The lowest BCUT2D eigenvalue weighted by atomic mass is 10.2. The van der Waals surface area contributed by atoms with Crippen LogP contribution in [-0.2, 0) is 11.3 Å². The zero-order valence-electron chi connectivity index (χ0n) is 14.6. The van der Waals surface area contributed by atoms with Crippen LogP contribution in [-0.4, -0.2) is 26.5 Å². The summed E-state index contributed by atoms with van der Waals surface area (Å²) in [5.41, 5.74) is 1.93. The SMILES string of the molecule is CC(C)C(=O)Nc1cccc(NC(=O)NCc2nnc3ccccn23)c1. The number of fused-ring (bicyclic) bond motifs is 1. The molecule has 8 heteroatoms. The van der Waals surface area contributed by atoms with Crippen LogP contribution in [0.1, 0.15) is 19.7 Å². The van der Waals surface area contributed by atoms with Crippen LogP contribution >= 0.6 is 0 Å². The third kappa shape index (κ3) is 4.15. The minimum atomic E-state index is -0.370. The van der Waals surface area contributed by atoms with Crippen molar-refractivity contribution in [1.82, 2.24) is 19.9 Å². The van der Waals surface area contributed by atoms with Crippen molar-refractivity contribution in [3.05, 3.63) is 54.5 Å². The largest absolute Gasteiger partial charge is 0.331 e. The number of carbonyl (C=O) groups excluding carboxylic acids is 2. The summed E-state index contributed by atoms with van der Waals surface area (Å²) in [5.74, 6) is 0.437. The standard InChI is InChI=1S/C18H20N6O2/c1-12(2)17(25)20-13-6-5-7-14(10-13)21-18(26)19-11-16-23-22-15-8-3-4-9-24(15)16/h3-10,12H,11H2,1-2H3,(H,20,25)(H2,19,21,26). The molecule has 26 heavy (non-hydrogen) atoms. The molecule has 2 heterocycles. The maximum absolute atomic E-state index is 12.1. The Bertz CT molecular complexity index is 934. The van der Waals surface area contributed by atoms with Gasteiger partial charge in [0.25, 0.3) is 0 Å². The van der Waals surface area contributed by atoms with Crippen LogP contribution < -0.4 is 16.0 Å². The van der Waals surface area contributed by atoms with E-state index >= 15 is 0 Å². The summed E-state index contributed by atoms with van der Waals surface area (Å²) in [6.07, 6.45) is 1.84. The predicted octanol–water partition coefficient (Wildman–Crippen LogP) is 2.65. The average Bonchev–Trinajstić information content (AvgIpc) is 3.03. The van der Waals surface area contributed by atoms with Crippen molar-refractivity contribution in [2.24, 2.45) is 5.92 Å². The number of amides is 3. The Balaban J connectivity index is 1.59. The zero-order chi connectivity index (χ0) is 18.5. The van der Waals surface area contributed by atoms with Crippen LogP contribution in [0.3, 0.4) is 0 Å². The number of hydrogen-bond donors (Lipinski definition) is 3. The first-order chi connectivity index (χ1) is 12.5. The molecular formula is C18H20N6O2. The number of benzene rings is 1. The Morgan fingerprint density at radius 2 is 1.81 bits per heavy atom. The molecule has 2 aromatic heterocycles. The summed E-state index contributed by atoms with van der Waals surface area (Å²) >= 11 is 0. The van der Waals surface area contributed by atoms with Crippen LogP contribution in [0.2, 0.25) is 0 Å². The summed E-state index contributed by atoms with van der Waals surface area (Å²) in [4.78, 5) is 23.9. The van der Waals surface area contributed by atoms with E-state index in [9.17, 15) is 9.59 Å². The molecule has 0 saturated heterocycles. The van der Waals surface area contributed by atoms with E-state index in [0.29, 0.717) is 17.2 Å². The van der Waals surface area contributed by atoms with E-state index in [-0.39, 0.29) is 24.4 Å². The van der Waals surface area contributed by atoms with Crippen molar-refractivity contribution in [3.8, 4) is 0 Å². The maximum Gasteiger partial charge on any atom is 0.319 e. The molecule has 0 atom stereocenters. The number of nitrogens with zero attached hydrogens (tertiary/aromatic N) is 3. The van der Waals surface area contributed by atoms with Crippen LogP contribution in [0.4, 0.5) is 16.2 Å². The molecule has 3 aromatic rings. The summed E-state index contributed by atoms with van der Waals surface area (Å²) in [5, 5.41) is 16.4. The third-order valence-corrected chi connectivity index (χ3v) is 3.70. The molecule has 134 valence electrons. The highest BCUT2D eigenvalue weighted by Crippen LogP contribution is 2.16. The van der Waals surface area contributed by atoms with Gasteiger partial charge in [0.1, 0.15) is 0 Å². The molecule has 3 N–H and O–H groups in total. The van der Waals surface area contributed by atoms with Crippen molar-refractivity contribution in [2.75, 3.05) is 10.6 Å². The van der Waals surface area contributed by atoms with Crippen molar-refractivity contribution in [3.63, 3.8) is 0 Å². The number of pyridine rings is 1. The van der Waals surface area contributed by atoms with Gasteiger partial charge in [0.2, 0.25) is 5.91 Å². The number of urea groups is 1. The van der Waals surface area contributed by atoms with Gasteiger partial charge in [-0.05, 0) is 30.3 Å². The van der Waals surface area contributed by atoms with E-state index in [2.05, 4.69) is 26.1 Å². The second-order valence-electron chi connectivity index (χ2n) is 6.08. The van der Waals surface area contributed by atoms with E-state index in [1.807, 2.05) is 42.6 Å². The Morgan fingerprint density at radius 1 is 1.04 bits per heavy atom. The molecule has 0 fully saturated rings. The van der Waals surface area contributed by atoms with Gasteiger partial charge in [-0.1, -0.05) is 26.0 Å². The van der Waals surface area contributed by atoms with Crippen LogP contribution in [0, 0.1) is 5.92 Å². The average molecular weight is 352 g/mol. The number of rotatable bonds is 5. The second kappa shape index (κ2) is 7.64. The number of nitrogens with one attached hydrogen (secondary N) is 3. The maximum atomic E-state index is 12.1. The first-order valence-corrected chi connectivity index (χ1v) is 8.27. The van der Waals surface area contributed by atoms with Gasteiger partial charge in [0.15, 0.2) is 11.5 Å². The third-order valence-electron chi connectivity index (χ3n) is 3.70. The lowest BCUT2D eigenvalue weighted by molar-refractivity contribution is -0.118. The van der Waals surface area contributed by atoms with Gasteiger partial charge in [0, 0.05) is 23.5 Å². The number of carbonyl (C=O) groups is 2. The van der Waals surface area contributed by atoms with Crippen molar-refractivity contribution >= 4 is 29.0 Å². The van der Waals surface area contributed by atoms with Crippen LogP contribution in [0.25, 0.3) is 5.65 Å². The van der Waals surface area contributed by atoms with Gasteiger partial charge < -0.3 is 16.0 Å². The molecule has 0 aliphatic carbocycles. The number of hydrogen-bond acceptors (Lipinski definition) is 4. The van der Waals surface area contributed by atoms with Gasteiger partial charge in [-0.25, -0.2) is 4.79 Å². The molecule has 0 aliphatic rings. The highest BCUT2D eigenvalue weighted by Gasteiger charge is 2.09. The molecule has 0 spiro atoms. The molecule has 3 rings (SSSR count). The minimum Gasteiger partial charge on any atom is -0.331 e. The summed E-state index contributed by atoms with van der Waals surface area (Å²) in [6.45, 7) is 3.87. The summed E-state index contributed by atoms with van der Waals surface area (Å²) in [7, 11) is 0. The van der Waals surface area contributed by atoms with Gasteiger partial charge in [-0.3, -0.25) is 9.20 Å². The summed E-state index contributed by atoms with van der Waals surface area (Å²) < 4.78 is 1.81. The van der Waals surface area contributed by atoms with Gasteiger partial charge in [-0.15, -0.1) is 10.2 Å². The fraction of sp³-hybridized carbons (Fsp3) is 0.222. The molecule has 0 unspecified atom stereocenters. The number of anilines is 2. The Labute approximate surface area is 150 Å². The highest BCUT2D eigenvalue weighted by molar-refractivity contribution is 5.94. The topological polar surface area (TPSA) is 100 Å². The molecule has 0 radical (unpaired) electrons. The smallest absolute Gasteiger partial charge is 0.319 e. The first kappa shape index (κ1) is 17.4. The molecule has 8 nitrogen and oxygen atoms in total. The van der Waals surface area contributed by atoms with Crippen molar-refractivity contribution in [2.45, 2.75) is 20.4 Å². The molecule has 0 aliphatic heterocycles. The molecule has 1 aromatic carbocycles. The lowest BCUT2D eigenvalue weighted by Crippen LogP contribution is -2.29. The Hall–Kier alpha value is -3.42. The predicted molar refractivity (Wildman–Crippen MR) is 98.8 cm³/mol. The second-order valence-corrected chi connectivity index (χ2v) is 6.08. The van der Waals surface area contributed by atoms with E-state index in [4.69, 9.17) is 0 Å². The van der Waals surface area contributed by atoms with E-state index in [1.165, 1.54) is 0 Å². The number of aromatic nitrogens is 3. The van der Waals surface area contributed by atoms with Crippen LogP contribution in [0.5, 0.6) is 0 Å². The normalized spacial score (nSPS) is 10.7.